The van der Waals surface area contributed by atoms with Crippen molar-refractivity contribution < 1.29 is 9.53 Å². The van der Waals surface area contributed by atoms with Gasteiger partial charge in [-0.1, -0.05) is 0 Å². The van der Waals surface area contributed by atoms with E-state index >= 15 is 0 Å². The van der Waals surface area contributed by atoms with Crippen molar-refractivity contribution in [3.63, 3.8) is 0 Å². The van der Waals surface area contributed by atoms with Gasteiger partial charge in [0.1, 0.15) is 0 Å². The quantitative estimate of drug-likeness (QED) is 0.926. The molecule has 0 bridgehead atoms. The number of anilines is 1. The molecular weight excluding hydrogens is 254 g/mol. The Morgan fingerprint density at radius 1 is 1.30 bits per heavy atom. The van der Waals surface area contributed by atoms with Crippen molar-refractivity contribution in [1.29, 1.82) is 0 Å². The molecule has 1 amide bonds. The fraction of sp³-hybridized carbons (Fsp3) is 0.267. The maximum Gasteiger partial charge on any atom is 0.257 e. The molecule has 3 rings (SSSR count). The number of nitrogens with one attached hydrogen (secondary N) is 1. The zero-order valence-corrected chi connectivity index (χ0v) is 11.2. The zero-order chi connectivity index (χ0) is 13.9. The number of carbonyl (C=O) groups is 1. The lowest BCUT2D eigenvalue weighted by molar-refractivity contribution is 0.102. The second-order valence-corrected chi connectivity index (χ2v) is 4.75. The Morgan fingerprint density at radius 3 is 2.80 bits per heavy atom. The van der Waals surface area contributed by atoms with Crippen LogP contribution in [0.2, 0.25) is 0 Å². The molecule has 1 fully saturated rings. The summed E-state index contributed by atoms with van der Waals surface area (Å²) in [7, 11) is 1.54. The molecule has 0 atom stereocenters. The minimum atomic E-state index is -0.185. The molecule has 0 unspecified atom stereocenters. The average molecular weight is 269 g/mol. The molecule has 1 aliphatic carbocycles. The number of carbonyl (C=O) groups excluding carboxylic acids is 1. The number of rotatable bonds is 4. The molecule has 1 aliphatic rings. The molecule has 1 saturated carbocycles. The number of aromatic nitrogens is 2. The van der Waals surface area contributed by atoms with Gasteiger partial charge >= 0.3 is 0 Å². The van der Waals surface area contributed by atoms with Gasteiger partial charge in [-0.05, 0) is 31.0 Å². The summed E-state index contributed by atoms with van der Waals surface area (Å²) in [5.74, 6) is 0.789. The molecular formula is C15H15N3O2. The summed E-state index contributed by atoms with van der Waals surface area (Å²) >= 11 is 0. The monoisotopic (exact) mass is 269 g/mol. The zero-order valence-electron chi connectivity index (χ0n) is 11.2. The van der Waals surface area contributed by atoms with E-state index in [1.54, 1.807) is 25.4 Å². The topological polar surface area (TPSA) is 64.1 Å². The van der Waals surface area contributed by atoms with E-state index < -0.39 is 0 Å². The van der Waals surface area contributed by atoms with E-state index in [1.807, 2.05) is 12.1 Å². The largest absolute Gasteiger partial charge is 0.481 e. The lowest BCUT2D eigenvalue weighted by atomic mass is 10.2. The van der Waals surface area contributed by atoms with Crippen LogP contribution < -0.4 is 10.1 Å². The highest BCUT2D eigenvalue weighted by Crippen LogP contribution is 2.42. The summed E-state index contributed by atoms with van der Waals surface area (Å²) in [6.07, 6.45) is 5.55. The molecule has 0 saturated heterocycles. The van der Waals surface area contributed by atoms with Crippen molar-refractivity contribution in [1.82, 2.24) is 9.97 Å². The molecule has 0 spiro atoms. The SMILES string of the molecule is COc1ccc(C(=O)Nc2cccnc2C2CC2)cn1. The van der Waals surface area contributed by atoms with Crippen molar-refractivity contribution >= 4 is 11.6 Å². The Balaban J connectivity index is 1.78. The summed E-state index contributed by atoms with van der Waals surface area (Å²) in [6.45, 7) is 0. The molecule has 1 N–H and O–H groups in total. The Kier molecular flexibility index (Phi) is 3.33. The van der Waals surface area contributed by atoms with Crippen LogP contribution in [0, 0.1) is 0 Å². The van der Waals surface area contributed by atoms with Crippen molar-refractivity contribution in [2.24, 2.45) is 0 Å². The van der Waals surface area contributed by atoms with Gasteiger partial charge in [0.25, 0.3) is 5.91 Å². The minimum Gasteiger partial charge on any atom is -0.481 e. The molecule has 102 valence electrons. The summed E-state index contributed by atoms with van der Waals surface area (Å²) in [6, 6.07) is 7.07. The van der Waals surface area contributed by atoms with E-state index in [4.69, 9.17) is 4.74 Å². The van der Waals surface area contributed by atoms with Crippen molar-refractivity contribution in [2.75, 3.05) is 12.4 Å². The predicted molar refractivity (Wildman–Crippen MR) is 75.0 cm³/mol. The maximum absolute atomic E-state index is 12.2. The highest BCUT2D eigenvalue weighted by molar-refractivity contribution is 6.04. The van der Waals surface area contributed by atoms with Crippen LogP contribution in [0.5, 0.6) is 5.88 Å². The van der Waals surface area contributed by atoms with Crippen molar-refractivity contribution in [2.45, 2.75) is 18.8 Å². The van der Waals surface area contributed by atoms with Gasteiger partial charge < -0.3 is 10.1 Å². The first-order valence-corrected chi connectivity index (χ1v) is 6.54. The summed E-state index contributed by atoms with van der Waals surface area (Å²) in [4.78, 5) is 20.6. The predicted octanol–water partition coefficient (Wildman–Crippen LogP) is 2.61. The van der Waals surface area contributed by atoms with Gasteiger partial charge in [0.15, 0.2) is 0 Å². The Hall–Kier alpha value is -2.43. The number of amides is 1. The van der Waals surface area contributed by atoms with Crippen LogP contribution in [0.3, 0.4) is 0 Å². The molecule has 0 radical (unpaired) electrons. The summed E-state index contributed by atoms with van der Waals surface area (Å²) in [5.41, 5.74) is 2.26. The second-order valence-electron chi connectivity index (χ2n) is 4.75. The first-order valence-electron chi connectivity index (χ1n) is 6.54. The van der Waals surface area contributed by atoms with E-state index in [2.05, 4.69) is 15.3 Å². The molecule has 2 aromatic rings. The summed E-state index contributed by atoms with van der Waals surface area (Å²) in [5, 5.41) is 2.90. The van der Waals surface area contributed by atoms with Crippen LogP contribution in [0.4, 0.5) is 5.69 Å². The standard InChI is InChI=1S/C15H15N3O2/c1-20-13-7-6-11(9-17-13)15(19)18-12-3-2-8-16-14(12)10-4-5-10/h2-3,6-10H,4-5H2,1H3,(H,18,19). The fourth-order valence-corrected chi connectivity index (χ4v) is 2.04. The van der Waals surface area contributed by atoms with Crippen LogP contribution in [0.25, 0.3) is 0 Å². The van der Waals surface area contributed by atoms with Gasteiger partial charge in [0, 0.05) is 24.4 Å². The van der Waals surface area contributed by atoms with Crippen LogP contribution in [0.1, 0.15) is 34.8 Å². The normalized spacial score (nSPS) is 13.8. The molecule has 5 heteroatoms. The van der Waals surface area contributed by atoms with Gasteiger partial charge in [0.05, 0.1) is 24.1 Å². The van der Waals surface area contributed by atoms with Gasteiger partial charge in [0.2, 0.25) is 5.88 Å². The van der Waals surface area contributed by atoms with Crippen molar-refractivity contribution in [3.8, 4) is 5.88 Å². The van der Waals surface area contributed by atoms with Crippen LogP contribution >= 0.6 is 0 Å². The third-order valence-electron chi connectivity index (χ3n) is 3.26. The highest BCUT2D eigenvalue weighted by atomic mass is 16.5. The first-order chi connectivity index (χ1) is 9.78. The van der Waals surface area contributed by atoms with E-state index in [0.717, 1.165) is 24.2 Å². The van der Waals surface area contributed by atoms with Gasteiger partial charge in [-0.15, -0.1) is 0 Å². The third-order valence-corrected chi connectivity index (χ3v) is 3.26. The maximum atomic E-state index is 12.2. The van der Waals surface area contributed by atoms with Gasteiger partial charge in [-0.2, -0.15) is 0 Å². The Bertz CT molecular complexity index is 621. The fourth-order valence-electron chi connectivity index (χ4n) is 2.04. The Labute approximate surface area is 117 Å². The highest BCUT2D eigenvalue weighted by Gasteiger charge is 2.27. The number of nitrogens with zero attached hydrogens (tertiary/aromatic N) is 2. The van der Waals surface area contributed by atoms with E-state index in [9.17, 15) is 4.79 Å². The number of ether oxygens (including phenoxy) is 1. The molecule has 0 aromatic carbocycles. The van der Waals surface area contributed by atoms with Gasteiger partial charge in [-0.3, -0.25) is 9.78 Å². The molecule has 0 aliphatic heterocycles. The minimum absolute atomic E-state index is 0.185. The lowest BCUT2D eigenvalue weighted by Crippen LogP contribution is -2.14. The van der Waals surface area contributed by atoms with E-state index in [-0.39, 0.29) is 5.91 Å². The number of methoxy groups -OCH3 is 1. The smallest absolute Gasteiger partial charge is 0.257 e. The Morgan fingerprint density at radius 2 is 2.15 bits per heavy atom. The lowest BCUT2D eigenvalue weighted by Gasteiger charge is -2.09. The van der Waals surface area contributed by atoms with Crippen LogP contribution in [0.15, 0.2) is 36.7 Å². The van der Waals surface area contributed by atoms with E-state index in [1.165, 1.54) is 6.20 Å². The molecule has 2 aromatic heterocycles. The summed E-state index contributed by atoms with van der Waals surface area (Å²) < 4.78 is 4.97. The second kappa shape index (κ2) is 5.28. The third kappa shape index (κ3) is 2.61. The van der Waals surface area contributed by atoms with Crippen LogP contribution in [-0.4, -0.2) is 23.0 Å². The molecule has 5 nitrogen and oxygen atoms in total. The van der Waals surface area contributed by atoms with Gasteiger partial charge in [-0.25, -0.2) is 4.98 Å². The number of hydrogen-bond donors (Lipinski definition) is 1. The first kappa shape index (κ1) is 12.6. The van der Waals surface area contributed by atoms with Crippen molar-refractivity contribution in [3.05, 3.63) is 47.9 Å². The van der Waals surface area contributed by atoms with E-state index in [0.29, 0.717) is 17.4 Å². The molecule has 20 heavy (non-hydrogen) atoms. The average Bonchev–Trinajstić information content (AvgIpc) is 3.32. The number of hydrogen-bond acceptors (Lipinski definition) is 4. The molecule has 2 heterocycles. The number of pyridine rings is 2. The van der Waals surface area contributed by atoms with Crippen LogP contribution in [-0.2, 0) is 0 Å².